The molecule has 0 bridgehead atoms. The Morgan fingerprint density at radius 3 is 2.32 bits per heavy atom. The van der Waals surface area contributed by atoms with Crippen LogP contribution < -0.4 is 14.9 Å². The highest BCUT2D eigenvalue weighted by molar-refractivity contribution is 5.40. The standard InChI is InChI=1S/C26H39NO4/c1-10-19(5)23(28)20(6)15-18(4)14-17(3)13-16(2)11-12-22-21(7)24(29)25(30-8)26(27-22)31-9/h10-11,14-15,20,23,28H,12-13H2,1-9H3,(H,27,29)/b16-11+,17-14+,18-15+,19-10+/t20-,23+/m1/s1. The molecule has 1 aromatic rings. The summed E-state index contributed by atoms with van der Waals surface area (Å²) >= 11 is 0. The van der Waals surface area contributed by atoms with E-state index in [1.165, 1.54) is 25.4 Å². The molecule has 31 heavy (non-hydrogen) atoms. The first-order valence-corrected chi connectivity index (χ1v) is 10.7. The fourth-order valence-electron chi connectivity index (χ4n) is 3.60. The molecule has 0 aliphatic rings. The van der Waals surface area contributed by atoms with Crippen LogP contribution in [0, 0.1) is 12.8 Å². The van der Waals surface area contributed by atoms with E-state index < -0.39 is 6.10 Å². The number of nitrogens with one attached hydrogen (secondary N) is 1. The van der Waals surface area contributed by atoms with Crippen LogP contribution in [0.3, 0.4) is 0 Å². The molecule has 5 nitrogen and oxygen atoms in total. The zero-order valence-electron chi connectivity index (χ0n) is 20.6. The van der Waals surface area contributed by atoms with Crippen LogP contribution in [0.15, 0.2) is 51.4 Å². The van der Waals surface area contributed by atoms with Gasteiger partial charge in [0.05, 0.1) is 20.3 Å². The van der Waals surface area contributed by atoms with Crippen molar-refractivity contribution >= 4 is 0 Å². The van der Waals surface area contributed by atoms with Crippen molar-refractivity contribution in [1.29, 1.82) is 0 Å². The van der Waals surface area contributed by atoms with Crippen molar-refractivity contribution in [3.63, 3.8) is 0 Å². The first-order valence-electron chi connectivity index (χ1n) is 10.7. The predicted molar refractivity (Wildman–Crippen MR) is 129 cm³/mol. The van der Waals surface area contributed by atoms with E-state index in [9.17, 15) is 9.90 Å². The maximum atomic E-state index is 12.5. The van der Waals surface area contributed by atoms with E-state index in [1.807, 2.05) is 26.8 Å². The van der Waals surface area contributed by atoms with Gasteiger partial charge in [-0.2, -0.15) is 0 Å². The number of aliphatic hydroxyl groups excluding tert-OH is 1. The Kier molecular flexibility index (Phi) is 10.6. The predicted octanol–water partition coefficient (Wildman–Crippen LogP) is 5.44. The normalized spacial score (nSPS) is 15.7. The third-order valence-corrected chi connectivity index (χ3v) is 5.51. The molecule has 5 heteroatoms. The Labute approximate surface area is 187 Å². The van der Waals surface area contributed by atoms with Gasteiger partial charge in [0.25, 0.3) is 0 Å². The van der Waals surface area contributed by atoms with Gasteiger partial charge in [-0.3, -0.25) is 4.79 Å². The van der Waals surface area contributed by atoms with Gasteiger partial charge in [0.2, 0.25) is 17.1 Å². The summed E-state index contributed by atoms with van der Waals surface area (Å²) in [5.74, 6) is 0.608. The van der Waals surface area contributed by atoms with Gasteiger partial charge < -0.3 is 19.6 Å². The zero-order chi connectivity index (χ0) is 23.7. The van der Waals surface area contributed by atoms with E-state index in [-0.39, 0.29) is 17.1 Å². The highest BCUT2D eigenvalue weighted by Crippen LogP contribution is 2.23. The van der Waals surface area contributed by atoms with Crippen molar-refractivity contribution in [1.82, 2.24) is 4.98 Å². The van der Waals surface area contributed by atoms with Crippen LogP contribution in [0.2, 0.25) is 0 Å². The number of allylic oxidation sites excluding steroid dienone is 6. The summed E-state index contributed by atoms with van der Waals surface area (Å²) in [6.07, 6.45) is 9.35. The number of hydrogen-bond acceptors (Lipinski definition) is 4. The van der Waals surface area contributed by atoms with Gasteiger partial charge in [-0.15, -0.1) is 0 Å². The van der Waals surface area contributed by atoms with Gasteiger partial charge in [-0.1, -0.05) is 47.9 Å². The topological polar surface area (TPSA) is 71.6 Å². The van der Waals surface area contributed by atoms with E-state index in [2.05, 4.69) is 44.0 Å². The first kappa shape index (κ1) is 26.5. The van der Waals surface area contributed by atoms with Crippen LogP contribution in [0.4, 0.5) is 0 Å². The molecule has 0 radical (unpaired) electrons. The van der Waals surface area contributed by atoms with Crippen LogP contribution in [0.25, 0.3) is 0 Å². The lowest BCUT2D eigenvalue weighted by Crippen LogP contribution is -2.17. The summed E-state index contributed by atoms with van der Waals surface area (Å²) in [5, 5.41) is 10.3. The minimum atomic E-state index is -0.456. The fourth-order valence-corrected chi connectivity index (χ4v) is 3.60. The molecule has 2 atom stereocenters. The van der Waals surface area contributed by atoms with Crippen LogP contribution in [0.5, 0.6) is 11.6 Å². The minimum Gasteiger partial charge on any atom is -0.488 e. The number of ether oxygens (including phenoxy) is 2. The van der Waals surface area contributed by atoms with E-state index >= 15 is 0 Å². The molecule has 0 aliphatic heterocycles. The minimum absolute atomic E-state index is 0.0572. The molecule has 0 aliphatic carbocycles. The Balaban J connectivity index is 2.92. The second-order valence-corrected chi connectivity index (χ2v) is 8.29. The second-order valence-electron chi connectivity index (χ2n) is 8.29. The van der Waals surface area contributed by atoms with Crippen LogP contribution in [-0.4, -0.2) is 30.4 Å². The number of aromatic amines is 1. The van der Waals surface area contributed by atoms with Gasteiger partial charge in [0.1, 0.15) is 0 Å². The summed E-state index contributed by atoms with van der Waals surface area (Å²) in [6, 6.07) is 0. The average molecular weight is 430 g/mol. The van der Waals surface area contributed by atoms with E-state index in [1.54, 1.807) is 6.92 Å². The molecule has 0 saturated carbocycles. The quantitative estimate of drug-likeness (QED) is 0.384. The van der Waals surface area contributed by atoms with Gasteiger partial charge in [0, 0.05) is 23.6 Å². The lowest BCUT2D eigenvalue weighted by atomic mass is 9.95. The number of hydrogen-bond donors (Lipinski definition) is 2. The van der Waals surface area contributed by atoms with Gasteiger partial charge in [-0.25, -0.2) is 0 Å². The molecule has 1 heterocycles. The molecule has 172 valence electrons. The number of pyridine rings is 1. The molecule has 0 aromatic carbocycles. The highest BCUT2D eigenvalue weighted by Gasteiger charge is 2.15. The summed E-state index contributed by atoms with van der Waals surface area (Å²) < 4.78 is 10.4. The van der Waals surface area contributed by atoms with Crippen molar-refractivity contribution < 1.29 is 14.6 Å². The van der Waals surface area contributed by atoms with Crippen molar-refractivity contribution in [2.24, 2.45) is 5.92 Å². The van der Waals surface area contributed by atoms with Crippen molar-refractivity contribution in [2.45, 2.75) is 67.4 Å². The number of aromatic nitrogens is 1. The Morgan fingerprint density at radius 1 is 1.13 bits per heavy atom. The number of H-pyrrole nitrogens is 1. The molecule has 0 unspecified atom stereocenters. The van der Waals surface area contributed by atoms with Crippen LogP contribution >= 0.6 is 0 Å². The van der Waals surface area contributed by atoms with Crippen molar-refractivity contribution in [3.8, 4) is 11.6 Å². The summed E-state index contributed by atoms with van der Waals surface area (Å²) in [5.41, 5.74) is 5.89. The monoisotopic (exact) mass is 429 g/mol. The molecule has 1 aromatic heterocycles. The summed E-state index contributed by atoms with van der Waals surface area (Å²) in [6.45, 7) is 14.0. The lowest BCUT2D eigenvalue weighted by molar-refractivity contribution is 0.173. The molecule has 0 spiro atoms. The largest absolute Gasteiger partial charge is 0.488 e. The van der Waals surface area contributed by atoms with E-state index in [0.29, 0.717) is 17.9 Å². The fraction of sp³-hybridized carbons (Fsp3) is 0.500. The Bertz CT molecular complexity index is 931. The number of aliphatic hydroxyl groups is 1. The third kappa shape index (κ3) is 7.59. The maximum absolute atomic E-state index is 12.5. The lowest BCUT2D eigenvalue weighted by Gasteiger charge is -2.17. The average Bonchev–Trinajstić information content (AvgIpc) is 2.72. The van der Waals surface area contributed by atoms with Crippen LogP contribution in [-0.2, 0) is 6.42 Å². The second kappa shape index (κ2) is 12.4. The van der Waals surface area contributed by atoms with Gasteiger partial charge in [-0.05, 0) is 53.5 Å². The van der Waals surface area contributed by atoms with Gasteiger partial charge in [0.15, 0.2) is 0 Å². The maximum Gasteiger partial charge on any atom is 0.238 e. The molecular weight excluding hydrogens is 390 g/mol. The van der Waals surface area contributed by atoms with Crippen LogP contribution in [0.1, 0.15) is 59.2 Å². The smallest absolute Gasteiger partial charge is 0.238 e. The Hall–Kier alpha value is -2.53. The van der Waals surface area contributed by atoms with E-state index in [4.69, 9.17) is 9.47 Å². The molecule has 0 saturated heterocycles. The summed E-state index contributed by atoms with van der Waals surface area (Å²) in [7, 11) is 2.97. The molecular formula is C26H39NO4. The molecule has 0 amide bonds. The third-order valence-electron chi connectivity index (χ3n) is 5.51. The zero-order valence-corrected chi connectivity index (χ0v) is 20.6. The van der Waals surface area contributed by atoms with Crippen molar-refractivity contribution in [3.05, 3.63) is 68.1 Å². The molecule has 2 N–H and O–H groups in total. The number of methoxy groups -OCH3 is 2. The SMILES string of the molecule is C/C=C(\C)[C@H](O)[C@H](C)/C=C(C)/C=C(\C)C/C(C)=C/Cc1[nH]c(OC)c(OC)c(=O)c1C. The van der Waals surface area contributed by atoms with Gasteiger partial charge >= 0.3 is 0 Å². The Morgan fingerprint density at radius 2 is 1.77 bits per heavy atom. The molecule has 1 rings (SSSR count). The van der Waals surface area contributed by atoms with Crippen molar-refractivity contribution in [2.75, 3.05) is 14.2 Å². The first-order chi connectivity index (χ1) is 14.5. The summed E-state index contributed by atoms with van der Waals surface area (Å²) in [4.78, 5) is 15.6. The molecule has 0 fully saturated rings. The number of rotatable bonds is 10. The van der Waals surface area contributed by atoms with E-state index in [0.717, 1.165) is 23.3 Å². The highest BCUT2D eigenvalue weighted by atomic mass is 16.5.